The summed E-state index contributed by atoms with van der Waals surface area (Å²) < 4.78 is 0. The third-order valence-corrected chi connectivity index (χ3v) is 4.00. The van der Waals surface area contributed by atoms with Gasteiger partial charge in [0.25, 0.3) is 0 Å². The van der Waals surface area contributed by atoms with Crippen LogP contribution in [0, 0.1) is 11.3 Å². The molecule has 1 saturated heterocycles. The highest BCUT2D eigenvalue weighted by molar-refractivity contribution is 5.06. The second-order valence-corrected chi connectivity index (χ2v) is 6.15. The fourth-order valence-electron chi connectivity index (χ4n) is 2.72. The quantitative estimate of drug-likeness (QED) is 0.570. The molecule has 2 fully saturated rings. The van der Waals surface area contributed by atoms with E-state index in [1.807, 2.05) is 0 Å². The van der Waals surface area contributed by atoms with Gasteiger partial charge in [0.1, 0.15) is 0 Å². The average Bonchev–Trinajstić information content (AvgIpc) is 2.78. The lowest BCUT2D eigenvalue weighted by atomic mass is 9.74. The zero-order valence-corrected chi connectivity index (χ0v) is 9.32. The average molecular weight is 181 g/mol. The molecule has 2 aliphatic rings. The van der Waals surface area contributed by atoms with E-state index in [9.17, 15) is 0 Å². The highest BCUT2D eigenvalue weighted by atomic mass is 15.2. The first-order valence-electron chi connectivity index (χ1n) is 5.77. The van der Waals surface area contributed by atoms with Gasteiger partial charge in [-0.1, -0.05) is 33.6 Å². The van der Waals surface area contributed by atoms with Crippen LogP contribution in [-0.2, 0) is 0 Å². The molecule has 0 bridgehead atoms. The van der Waals surface area contributed by atoms with Crippen LogP contribution in [0.1, 0.15) is 52.9 Å². The van der Waals surface area contributed by atoms with E-state index < -0.39 is 0 Å². The molecule has 1 heteroatoms. The smallest absolute Gasteiger partial charge is 0.0310 e. The Morgan fingerprint density at radius 3 is 2.46 bits per heavy atom. The molecule has 1 aliphatic carbocycles. The summed E-state index contributed by atoms with van der Waals surface area (Å²) in [7, 11) is 0. The summed E-state index contributed by atoms with van der Waals surface area (Å²) >= 11 is 0. The van der Waals surface area contributed by atoms with Crippen molar-refractivity contribution in [2.45, 2.75) is 58.4 Å². The summed E-state index contributed by atoms with van der Waals surface area (Å²) in [4.78, 5) is 0. The van der Waals surface area contributed by atoms with Crippen molar-refractivity contribution >= 4 is 0 Å². The van der Waals surface area contributed by atoms with Crippen molar-refractivity contribution in [2.75, 3.05) is 6.54 Å². The van der Waals surface area contributed by atoms with Gasteiger partial charge in [0.2, 0.25) is 0 Å². The van der Waals surface area contributed by atoms with Gasteiger partial charge in [0, 0.05) is 12.1 Å². The summed E-state index contributed by atoms with van der Waals surface area (Å²) in [5, 5.41) is 3.59. The zero-order valence-electron chi connectivity index (χ0n) is 9.32. The Balaban J connectivity index is 2.03. The van der Waals surface area contributed by atoms with Crippen LogP contribution in [0.15, 0.2) is 0 Å². The van der Waals surface area contributed by atoms with E-state index in [-0.39, 0.29) is 0 Å². The zero-order chi connectivity index (χ0) is 9.53. The molecule has 1 aliphatic heterocycles. The molecule has 0 aromatic heterocycles. The van der Waals surface area contributed by atoms with Crippen LogP contribution in [0.2, 0.25) is 0 Å². The van der Waals surface area contributed by atoms with Crippen molar-refractivity contribution < 1.29 is 0 Å². The lowest BCUT2D eigenvalue weighted by Crippen LogP contribution is -2.26. The van der Waals surface area contributed by atoms with Crippen LogP contribution < -0.4 is 5.32 Å². The maximum atomic E-state index is 3.59. The van der Waals surface area contributed by atoms with E-state index in [1.165, 1.54) is 38.6 Å². The van der Waals surface area contributed by atoms with E-state index in [0.29, 0.717) is 11.0 Å². The van der Waals surface area contributed by atoms with E-state index in [0.717, 1.165) is 5.92 Å². The molecule has 0 aromatic rings. The van der Waals surface area contributed by atoms with Crippen molar-refractivity contribution in [3.05, 3.63) is 0 Å². The van der Waals surface area contributed by atoms with E-state index in [1.54, 1.807) is 0 Å². The van der Waals surface area contributed by atoms with Gasteiger partial charge in [-0.25, -0.2) is 0 Å². The Morgan fingerprint density at radius 1 is 1.23 bits per heavy atom. The summed E-state index contributed by atoms with van der Waals surface area (Å²) in [5.74, 6) is 0.935. The highest BCUT2D eigenvalue weighted by Gasteiger charge is 2.46. The minimum Gasteiger partial charge on any atom is -0.308 e. The molecule has 76 valence electrons. The maximum absolute atomic E-state index is 3.59. The molecule has 1 saturated carbocycles. The molecule has 1 N–H and O–H groups in total. The molecule has 2 rings (SSSR count). The summed E-state index contributed by atoms with van der Waals surface area (Å²) in [6.07, 6.45) is 7.20. The van der Waals surface area contributed by atoms with Gasteiger partial charge < -0.3 is 5.32 Å². The second kappa shape index (κ2) is 2.98. The second-order valence-electron chi connectivity index (χ2n) is 6.15. The molecular weight excluding hydrogens is 158 g/mol. The van der Waals surface area contributed by atoms with E-state index in [4.69, 9.17) is 0 Å². The highest BCUT2D eigenvalue weighted by Crippen LogP contribution is 2.43. The van der Waals surface area contributed by atoms with Crippen LogP contribution in [0.3, 0.4) is 0 Å². The first-order chi connectivity index (χ1) is 6.02. The molecule has 1 spiro atoms. The van der Waals surface area contributed by atoms with Crippen molar-refractivity contribution in [2.24, 2.45) is 11.3 Å². The van der Waals surface area contributed by atoms with Crippen LogP contribution in [0.4, 0.5) is 0 Å². The molecular formula is C12H23N. The van der Waals surface area contributed by atoms with Gasteiger partial charge in [0.05, 0.1) is 0 Å². The summed E-state index contributed by atoms with van der Waals surface area (Å²) in [6, 6.07) is 0. The molecule has 1 heterocycles. The standard InChI is InChI=1S/C12H23N/c1-11(2,3)10-6-4-5-7-12(8-10)9-13-12/h10,13H,4-9H2,1-3H3/t10-,12+/m0/s1. The predicted molar refractivity (Wildman–Crippen MR) is 56.8 cm³/mol. The number of hydrogen-bond acceptors (Lipinski definition) is 1. The lowest BCUT2D eigenvalue weighted by Gasteiger charge is -2.31. The number of rotatable bonds is 0. The van der Waals surface area contributed by atoms with Gasteiger partial charge in [-0.05, 0) is 30.6 Å². The number of hydrogen-bond donors (Lipinski definition) is 1. The van der Waals surface area contributed by atoms with Gasteiger partial charge in [-0.3, -0.25) is 0 Å². The fraction of sp³-hybridized carbons (Fsp3) is 1.00. The molecule has 0 amide bonds. The topological polar surface area (TPSA) is 21.9 Å². The third-order valence-electron chi connectivity index (χ3n) is 4.00. The Kier molecular flexibility index (Phi) is 2.18. The van der Waals surface area contributed by atoms with Crippen molar-refractivity contribution in [3.8, 4) is 0 Å². The van der Waals surface area contributed by atoms with Gasteiger partial charge in [0.15, 0.2) is 0 Å². The molecule has 13 heavy (non-hydrogen) atoms. The first kappa shape index (κ1) is 9.51. The minimum absolute atomic E-state index is 0.515. The van der Waals surface area contributed by atoms with Crippen molar-refractivity contribution in [1.82, 2.24) is 5.32 Å². The number of nitrogens with one attached hydrogen (secondary N) is 1. The maximum Gasteiger partial charge on any atom is 0.0310 e. The first-order valence-corrected chi connectivity index (χ1v) is 5.77. The van der Waals surface area contributed by atoms with Crippen molar-refractivity contribution in [3.63, 3.8) is 0 Å². The van der Waals surface area contributed by atoms with Crippen LogP contribution in [0.25, 0.3) is 0 Å². The monoisotopic (exact) mass is 181 g/mol. The van der Waals surface area contributed by atoms with E-state index >= 15 is 0 Å². The van der Waals surface area contributed by atoms with Crippen LogP contribution in [-0.4, -0.2) is 12.1 Å². The largest absolute Gasteiger partial charge is 0.308 e. The molecule has 0 aromatic carbocycles. The van der Waals surface area contributed by atoms with Gasteiger partial charge >= 0.3 is 0 Å². The fourth-order valence-corrected chi connectivity index (χ4v) is 2.72. The third kappa shape index (κ3) is 2.07. The Morgan fingerprint density at radius 2 is 1.92 bits per heavy atom. The predicted octanol–water partition coefficient (Wildman–Crippen LogP) is 2.95. The Hall–Kier alpha value is -0.0400. The molecule has 2 atom stereocenters. The minimum atomic E-state index is 0.515. The molecule has 0 unspecified atom stereocenters. The Labute approximate surface area is 82.3 Å². The summed E-state index contributed by atoms with van der Waals surface area (Å²) in [6.45, 7) is 8.50. The van der Waals surface area contributed by atoms with Crippen LogP contribution in [0.5, 0.6) is 0 Å². The van der Waals surface area contributed by atoms with Crippen LogP contribution >= 0.6 is 0 Å². The molecule has 0 radical (unpaired) electrons. The SMILES string of the molecule is CC(C)(C)[C@H]1CCCC[C@]2(CN2)C1. The Bertz CT molecular complexity index is 186. The summed E-state index contributed by atoms with van der Waals surface area (Å²) in [5.41, 5.74) is 1.11. The lowest BCUT2D eigenvalue weighted by molar-refractivity contribution is 0.203. The van der Waals surface area contributed by atoms with Gasteiger partial charge in [-0.2, -0.15) is 0 Å². The van der Waals surface area contributed by atoms with Gasteiger partial charge in [-0.15, -0.1) is 0 Å². The van der Waals surface area contributed by atoms with Crippen molar-refractivity contribution in [1.29, 1.82) is 0 Å². The van der Waals surface area contributed by atoms with E-state index in [2.05, 4.69) is 26.1 Å². The normalized spacial score (nSPS) is 40.4. The molecule has 1 nitrogen and oxygen atoms in total.